The van der Waals surface area contributed by atoms with Crippen molar-refractivity contribution in [3.05, 3.63) is 144 Å². The van der Waals surface area contributed by atoms with Gasteiger partial charge in [0.15, 0.2) is 5.92 Å². The molecule has 0 saturated carbocycles. The number of esters is 2. The number of rotatable bonds is 15. The largest absolute Gasteiger partial charge is 0.507 e. The number of carboxylic acid groups (broad SMARTS) is 3. The number of aromatic hydroxyl groups is 1. The number of carbonyl (C=O) groups excluding carboxylic acids is 2. The second-order valence-corrected chi connectivity index (χ2v) is 18.3. The summed E-state index contributed by atoms with van der Waals surface area (Å²) in [4.78, 5) is 56.3. The summed E-state index contributed by atoms with van der Waals surface area (Å²) in [6, 6.07) is 20.3. The molecule has 0 heterocycles. The minimum absolute atomic E-state index is 0.0612. The predicted molar refractivity (Wildman–Crippen MR) is 290 cm³/mol. The normalized spacial score (nSPS) is 11.0. The van der Waals surface area contributed by atoms with E-state index in [2.05, 4.69) is 15.9 Å². The number of ether oxygens (including phenoxy) is 6. The molecule has 0 bridgehead atoms. The highest BCUT2D eigenvalue weighted by atomic mass is 79.9. The molecule has 5 aromatic carbocycles. The third kappa shape index (κ3) is 19.7. The number of carboxylic acids is 3. The van der Waals surface area contributed by atoms with Gasteiger partial charge in [-0.05, 0) is 181 Å². The number of carbonyl (C=O) groups is 5. The molecule has 0 aliphatic carbocycles. The molecule has 5 aromatic rings. The van der Waals surface area contributed by atoms with Crippen LogP contribution in [0.15, 0.2) is 71.2 Å². The Labute approximate surface area is 444 Å². The first-order valence-electron chi connectivity index (χ1n) is 23.7. The highest BCUT2D eigenvalue weighted by molar-refractivity contribution is 9.10. The van der Waals surface area contributed by atoms with Gasteiger partial charge in [-0.2, -0.15) is 0 Å². The van der Waals surface area contributed by atoms with E-state index in [9.17, 15) is 29.1 Å². The van der Waals surface area contributed by atoms with E-state index in [1.165, 1.54) is 0 Å². The number of phenolic OH excluding ortho intramolecular Hbond substituents is 1. The first-order valence-corrected chi connectivity index (χ1v) is 24.5. The number of hydrogen-bond donors (Lipinski definition) is 4. The van der Waals surface area contributed by atoms with Gasteiger partial charge in [0, 0.05) is 4.47 Å². The fourth-order valence-corrected chi connectivity index (χ4v) is 8.33. The van der Waals surface area contributed by atoms with Crippen LogP contribution in [0.25, 0.3) is 0 Å². The van der Waals surface area contributed by atoms with Crippen molar-refractivity contribution in [3.63, 3.8) is 0 Å². The zero-order chi connectivity index (χ0) is 56.7. The Hall–Kier alpha value is -7.07. The van der Waals surface area contributed by atoms with Crippen molar-refractivity contribution in [2.75, 3.05) is 41.7 Å². The Morgan fingerprint density at radius 2 is 0.824 bits per heavy atom. The highest BCUT2D eigenvalue weighted by Gasteiger charge is 2.32. The van der Waals surface area contributed by atoms with Gasteiger partial charge in [0.2, 0.25) is 0 Å². The molecule has 16 heteroatoms. The van der Waals surface area contributed by atoms with Crippen molar-refractivity contribution >= 4 is 45.8 Å². The van der Waals surface area contributed by atoms with E-state index < -0.39 is 47.6 Å². The minimum Gasteiger partial charge on any atom is -0.507 e. The van der Waals surface area contributed by atoms with Crippen molar-refractivity contribution < 1.29 is 72.8 Å². The van der Waals surface area contributed by atoms with Crippen molar-refractivity contribution in [2.24, 2.45) is 0 Å². The zero-order valence-corrected chi connectivity index (χ0v) is 47.4. The third-order valence-electron chi connectivity index (χ3n) is 11.4. The minimum atomic E-state index is -1.06. The SMILES string of the molecule is CCOC(=O)C(C(=O)OCC)c1cc(C)c(OC)c(C)c1.COc1c(C)cc(C(C)C(=O)O)cc1C.COc1c(C)cc(CC(=O)O)cc1C.COc1ccc(Br)cc1C.Cc1cc(C(C)C(=O)O)cc(C)c1O. The maximum Gasteiger partial charge on any atom is 0.324 e. The van der Waals surface area contributed by atoms with E-state index in [4.69, 9.17) is 43.7 Å². The van der Waals surface area contributed by atoms with Gasteiger partial charge in [-0.3, -0.25) is 24.0 Å². The summed E-state index contributed by atoms with van der Waals surface area (Å²) in [7, 11) is 6.50. The number of benzene rings is 5. The molecule has 5 rings (SSSR count). The van der Waals surface area contributed by atoms with E-state index in [0.29, 0.717) is 16.7 Å². The van der Waals surface area contributed by atoms with Gasteiger partial charge in [-0.1, -0.05) is 64.5 Å². The average Bonchev–Trinajstić information content (AvgIpc) is 3.30. The topological polar surface area (TPSA) is 222 Å². The molecular weight excluding hydrogens is 1020 g/mol. The zero-order valence-electron chi connectivity index (χ0n) is 45.9. The van der Waals surface area contributed by atoms with Gasteiger partial charge < -0.3 is 48.8 Å². The molecular formula is C58H75BrO15. The van der Waals surface area contributed by atoms with E-state index >= 15 is 0 Å². The molecule has 0 radical (unpaired) electrons. The van der Waals surface area contributed by atoms with Crippen molar-refractivity contribution in [1.82, 2.24) is 0 Å². The number of aryl methyl sites for hydroxylation is 9. The van der Waals surface area contributed by atoms with Crippen LogP contribution in [0.3, 0.4) is 0 Å². The highest BCUT2D eigenvalue weighted by Crippen LogP contribution is 2.31. The number of halogens is 1. The summed E-state index contributed by atoms with van der Waals surface area (Å²) in [5.74, 6) is -2.16. The lowest BCUT2D eigenvalue weighted by atomic mass is 9.95. The van der Waals surface area contributed by atoms with E-state index in [1.807, 2.05) is 90.9 Å². The van der Waals surface area contributed by atoms with Gasteiger partial charge >= 0.3 is 29.8 Å². The fourth-order valence-electron chi connectivity index (χ4n) is 7.85. The van der Waals surface area contributed by atoms with Gasteiger partial charge in [-0.15, -0.1) is 0 Å². The first kappa shape index (κ1) is 64.9. The molecule has 4 N–H and O–H groups in total. The van der Waals surface area contributed by atoms with Gasteiger partial charge in [0.05, 0.1) is 59.9 Å². The summed E-state index contributed by atoms with van der Waals surface area (Å²) in [5.41, 5.74) is 11.1. The molecule has 0 saturated heterocycles. The summed E-state index contributed by atoms with van der Waals surface area (Å²) >= 11 is 3.37. The summed E-state index contributed by atoms with van der Waals surface area (Å²) in [6.45, 7) is 24.1. The smallest absolute Gasteiger partial charge is 0.324 e. The molecule has 0 aliphatic heterocycles. The van der Waals surface area contributed by atoms with Crippen LogP contribution in [0.2, 0.25) is 0 Å². The second-order valence-electron chi connectivity index (χ2n) is 17.4. The van der Waals surface area contributed by atoms with E-state index in [1.54, 1.807) is 94.2 Å². The van der Waals surface area contributed by atoms with Crippen LogP contribution in [-0.2, 0) is 39.9 Å². The third-order valence-corrected chi connectivity index (χ3v) is 11.9. The van der Waals surface area contributed by atoms with Crippen molar-refractivity contribution in [1.29, 1.82) is 0 Å². The summed E-state index contributed by atoms with van der Waals surface area (Å²) in [5, 5.41) is 35.9. The second kappa shape index (κ2) is 31.5. The Balaban J connectivity index is 0.000000471. The van der Waals surface area contributed by atoms with Crippen LogP contribution < -0.4 is 18.9 Å². The van der Waals surface area contributed by atoms with Gasteiger partial charge in [-0.25, -0.2) is 0 Å². The summed E-state index contributed by atoms with van der Waals surface area (Å²) < 4.78 is 31.9. The van der Waals surface area contributed by atoms with E-state index in [0.717, 1.165) is 83.1 Å². The van der Waals surface area contributed by atoms with Crippen LogP contribution in [0, 0.1) is 62.3 Å². The van der Waals surface area contributed by atoms with Crippen molar-refractivity contribution in [2.45, 2.75) is 114 Å². The van der Waals surface area contributed by atoms with Crippen LogP contribution in [0.4, 0.5) is 0 Å². The predicted octanol–water partition coefficient (Wildman–Crippen LogP) is 11.9. The standard InChI is InChI=1S/C16H22O5.C12H16O3.2C11H14O3.C8H9BrO/c1-6-20-15(17)13(16(18)21-7-2)12-8-10(3)14(19-5)11(4)9-12;1-7-5-10(9(3)12(13)14)6-8(2)11(7)15-4;1-7-4-9(6-10(12)13)5-8(2)11(7)14-3;1-6-4-9(8(3)11(13)14)5-7(2)10(6)12;1-6-5-7(9)3-4-8(6)10-2/h8-9,13H,6-7H2,1-5H3;5-6,9H,1-4H3,(H,13,14);4-5H,6H2,1-3H3,(H,12,13);4-5,8,12H,1-3H3,(H,13,14);3-5H,1-2H3. The molecule has 404 valence electrons. The lowest BCUT2D eigenvalue weighted by Crippen LogP contribution is -2.26. The Morgan fingerprint density at radius 3 is 1.12 bits per heavy atom. The van der Waals surface area contributed by atoms with Crippen LogP contribution in [0.1, 0.15) is 118 Å². The number of methoxy groups -OCH3 is 4. The van der Waals surface area contributed by atoms with Crippen LogP contribution >= 0.6 is 15.9 Å². The van der Waals surface area contributed by atoms with Crippen molar-refractivity contribution in [3.8, 4) is 28.7 Å². The lowest BCUT2D eigenvalue weighted by Gasteiger charge is -2.17. The first-order chi connectivity index (χ1) is 34.6. The molecule has 2 unspecified atom stereocenters. The number of hydrogen-bond acceptors (Lipinski definition) is 12. The number of phenols is 1. The maximum absolute atomic E-state index is 12.1. The lowest BCUT2D eigenvalue weighted by molar-refractivity contribution is -0.157. The fraction of sp³-hybridized carbons (Fsp3) is 0.397. The maximum atomic E-state index is 12.1. The van der Waals surface area contributed by atoms with Gasteiger partial charge in [0.1, 0.15) is 28.7 Å². The molecule has 15 nitrogen and oxygen atoms in total. The van der Waals surface area contributed by atoms with Crippen LogP contribution in [-0.4, -0.2) is 91.9 Å². The Bertz CT molecular complexity index is 2600. The number of aliphatic carboxylic acids is 3. The molecule has 74 heavy (non-hydrogen) atoms. The molecule has 0 fully saturated rings. The Morgan fingerprint density at radius 1 is 0.486 bits per heavy atom. The average molecular weight is 1090 g/mol. The van der Waals surface area contributed by atoms with Gasteiger partial charge in [0.25, 0.3) is 0 Å². The monoisotopic (exact) mass is 1090 g/mol. The summed E-state index contributed by atoms with van der Waals surface area (Å²) in [6.07, 6.45) is 0.0612. The quantitative estimate of drug-likeness (QED) is 0.0565. The Kier molecular flexibility index (Phi) is 27.6. The van der Waals surface area contributed by atoms with Crippen LogP contribution in [0.5, 0.6) is 28.7 Å². The molecule has 0 aromatic heterocycles. The molecule has 0 spiro atoms. The molecule has 2 atom stereocenters. The van der Waals surface area contributed by atoms with E-state index in [-0.39, 0.29) is 25.4 Å². The molecule has 0 amide bonds. The molecule has 0 aliphatic rings.